The Kier molecular flexibility index (Phi) is 4.92. The predicted octanol–water partition coefficient (Wildman–Crippen LogP) is 3.45. The highest BCUT2D eigenvalue weighted by atomic mass is 19.1. The van der Waals surface area contributed by atoms with Crippen molar-refractivity contribution in [2.75, 3.05) is 26.2 Å². The minimum Gasteiger partial charge on any atom is -0.334 e. The van der Waals surface area contributed by atoms with Crippen molar-refractivity contribution >= 4 is 6.03 Å². The number of nitriles is 1. The van der Waals surface area contributed by atoms with E-state index in [9.17, 15) is 14.4 Å². The van der Waals surface area contributed by atoms with E-state index >= 15 is 0 Å². The van der Waals surface area contributed by atoms with Crippen molar-refractivity contribution in [3.63, 3.8) is 0 Å². The van der Waals surface area contributed by atoms with E-state index in [1.54, 1.807) is 12.1 Å². The summed E-state index contributed by atoms with van der Waals surface area (Å²) in [6.45, 7) is 3.76. The Morgan fingerprint density at radius 1 is 1.10 bits per heavy atom. The fourth-order valence-corrected chi connectivity index (χ4v) is 5.28. The zero-order valence-electron chi connectivity index (χ0n) is 16.9. The number of halogens is 1. The minimum absolute atomic E-state index is 0.0731. The first-order valence-electron chi connectivity index (χ1n) is 10.7. The van der Waals surface area contributed by atoms with Gasteiger partial charge in [0.1, 0.15) is 5.82 Å². The number of nitrogens with zero attached hydrogens (tertiary/aromatic N) is 3. The van der Waals surface area contributed by atoms with Crippen molar-refractivity contribution < 1.29 is 9.18 Å². The molecule has 2 atom stereocenters. The molecule has 0 radical (unpaired) electrons. The monoisotopic (exact) mass is 404 g/mol. The summed E-state index contributed by atoms with van der Waals surface area (Å²) in [5.41, 5.74) is 3.52. The number of nitrogens with one attached hydrogen (secondary N) is 1. The molecule has 6 rings (SSSR count). The number of rotatable bonds is 2. The quantitative estimate of drug-likeness (QED) is 0.834. The molecule has 154 valence electrons. The first-order valence-corrected chi connectivity index (χ1v) is 10.7. The third kappa shape index (κ3) is 3.44. The number of piperidine rings is 3. The van der Waals surface area contributed by atoms with E-state index in [0.717, 1.165) is 55.6 Å². The molecular formula is C24H25FN4O. The van der Waals surface area contributed by atoms with Crippen LogP contribution in [-0.4, -0.2) is 48.1 Å². The highest BCUT2D eigenvalue weighted by Gasteiger charge is 2.38. The maximum atomic E-state index is 13.6. The van der Waals surface area contributed by atoms with Crippen LogP contribution in [0.5, 0.6) is 0 Å². The molecule has 3 saturated heterocycles. The maximum Gasteiger partial charge on any atom is 0.318 e. The molecule has 0 spiro atoms. The number of benzene rings is 2. The van der Waals surface area contributed by atoms with Crippen LogP contribution in [0, 0.1) is 23.1 Å². The van der Waals surface area contributed by atoms with Crippen LogP contribution in [0.2, 0.25) is 0 Å². The fraction of sp³-hybridized carbons (Fsp3) is 0.417. The smallest absolute Gasteiger partial charge is 0.318 e. The van der Waals surface area contributed by atoms with Crippen molar-refractivity contribution in [3.05, 3.63) is 70.5 Å². The molecule has 1 N–H and O–H groups in total. The van der Waals surface area contributed by atoms with Gasteiger partial charge in [0.15, 0.2) is 0 Å². The summed E-state index contributed by atoms with van der Waals surface area (Å²) in [5.74, 6) is 0.245. The average molecular weight is 404 g/mol. The van der Waals surface area contributed by atoms with Crippen LogP contribution >= 0.6 is 0 Å². The van der Waals surface area contributed by atoms with Gasteiger partial charge in [-0.25, -0.2) is 9.18 Å². The molecule has 30 heavy (non-hydrogen) atoms. The Bertz CT molecular complexity index is 991. The molecule has 4 aliphatic heterocycles. The lowest BCUT2D eigenvalue weighted by Gasteiger charge is -2.46. The molecule has 3 fully saturated rings. The molecule has 0 aliphatic carbocycles. The number of carbonyl (C=O) groups is 1. The Balaban J connectivity index is 1.47. The largest absolute Gasteiger partial charge is 0.334 e. The van der Waals surface area contributed by atoms with Gasteiger partial charge in [0.05, 0.1) is 17.7 Å². The van der Waals surface area contributed by atoms with Crippen LogP contribution in [0.15, 0.2) is 42.5 Å². The van der Waals surface area contributed by atoms with Gasteiger partial charge < -0.3 is 15.1 Å². The Morgan fingerprint density at radius 3 is 2.53 bits per heavy atom. The lowest BCUT2D eigenvalue weighted by Crippen LogP contribution is -2.59. The molecular weight excluding hydrogens is 379 g/mol. The zero-order chi connectivity index (χ0) is 20.7. The van der Waals surface area contributed by atoms with E-state index in [-0.39, 0.29) is 23.9 Å². The highest BCUT2D eigenvalue weighted by Crippen LogP contribution is 2.36. The molecule has 2 bridgehead atoms. The van der Waals surface area contributed by atoms with E-state index in [1.807, 2.05) is 23.1 Å². The second-order valence-electron chi connectivity index (χ2n) is 8.62. The molecule has 0 aromatic heterocycles. The van der Waals surface area contributed by atoms with Gasteiger partial charge in [-0.2, -0.15) is 5.26 Å². The number of amides is 2. The van der Waals surface area contributed by atoms with Crippen molar-refractivity contribution in [2.45, 2.75) is 31.3 Å². The molecule has 2 amide bonds. The number of hydrogen-bond acceptors (Lipinski definition) is 3. The summed E-state index contributed by atoms with van der Waals surface area (Å²) < 4.78 is 13.6. The van der Waals surface area contributed by atoms with Gasteiger partial charge in [-0.05, 0) is 79.2 Å². The number of carbonyl (C=O) groups excluding carboxylic acids is 1. The molecule has 6 heteroatoms. The normalized spacial score (nSPS) is 27.3. The Hall–Kier alpha value is -2.91. The van der Waals surface area contributed by atoms with Crippen LogP contribution in [-0.2, 0) is 6.42 Å². The third-order valence-corrected chi connectivity index (χ3v) is 6.91. The van der Waals surface area contributed by atoms with Gasteiger partial charge in [0.25, 0.3) is 0 Å². The Labute approximate surface area is 176 Å². The van der Waals surface area contributed by atoms with Crippen LogP contribution < -0.4 is 5.32 Å². The second-order valence-corrected chi connectivity index (χ2v) is 8.62. The lowest BCUT2D eigenvalue weighted by molar-refractivity contribution is 0.0715. The first kappa shape index (κ1) is 19.1. The van der Waals surface area contributed by atoms with E-state index in [0.29, 0.717) is 18.0 Å². The van der Waals surface area contributed by atoms with Crippen molar-refractivity contribution in [2.24, 2.45) is 5.92 Å². The molecule has 4 heterocycles. The molecule has 0 saturated carbocycles. The lowest BCUT2D eigenvalue weighted by atomic mass is 9.84. The highest BCUT2D eigenvalue weighted by molar-refractivity contribution is 5.76. The predicted molar refractivity (Wildman–Crippen MR) is 111 cm³/mol. The summed E-state index contributed by atoms with van der Waals surface area (Å²) in [6, 6.07) is 14.0. The van der Waals surface area contributed by atoms with Gasteiger partial charge in [0, 0.05) is 19.1 Å². The van der Waals surface area contributed by atoms with E-state index < -0.39 is 0 Å². The molecule has 2 aromatic carbocycles. The summed E-state index contributed by atoms with van der Waals surface area (Å²) in [5, 5.41) is 12.7. The van der Waals surface area contributed by atoms with Crippen molar-refractivity contribution in [1.82, 2.24) is 15.1 Å². The van der Waals surface area contributed by atoms with E-state index in [1.165, 1.54) is 12.1 Å². The van der Waals surface area contributed by atoms with Crippen LogP contribution in [0.4, 0.5) is 9.18 Å². The van der Waals surface area contributed by atoms with E-state index in [2.05, 4.69) is 16.3 Å². The topological polar surface area (TPSA) is 59.4 Å². The zero-order valence-corrected chi connectivity index (χ0v) is 16.9. The summed E-state index contributed by atoms with van der Waals surface area (Å²) in [6.07, 6.45) is 3.02. The van der Waals surface area contributed by atoms with E-state index in [4.69, 9.17) is 0 Å². The number of hydrogen-bond donors (Lipinski definition) is 1. The van der Waals surface area contributed by atoms with Crippen LogP contribution in [0.25, 0.3) is 0 Å². The minimum atomic E-state index is -0.330. The maximum absolute atomic E-state index is 13.6. The van der Waals surface area contributed by atoms with Crippen molar-refractivity contribution in [3.8, 4) is 6.07 Å². The molecule has 2 unspecified atom stereocenters. The third-order valence-electron chi connectivity index (χ3n) is 6.91. The SMILES string of the molecule is N#Cc1ccc2c(c1)C(c1ccc(F)cc1)N(C(=O)NC1CN3CCC1CC3)CC2. The summed E-state index contributed by atoms with van der Waals surface area (Å²) in [7, 11) is 0. The van der Waals surface area contributed by atoms with Gasteiger partial charge in [-0.3, -0.25) is 0 Å². The number of urea groups is 1. The van der Waals surface area contributed by atoms with Gasteiger partial charge >= 0.3 is 6.03 Å². The standard InChI is InChI=1S/C24H25FN4O/c25-20-5-3-19(4-6-20)23-21-13-16(14-26)1-2-17(21)9-12-29(23)24(30)27-22-15-28-10-7-18(22)8-11-28/h1-6,13,18,22-23H,7-12,15H2,(H,27,30). The second kappa shape index (κ2) is 7.73. The van der Waals surface area contributed by atoms with Crippen molar-refractivity contribution in [1.29, 1.82) is 5.26 Å². The Morgan fingerprint density at radius 2 is 1.87 bits per heavy atom. The average Bonchev–Trinajstić information content (AvgIpc) is 2.79. The summed E-state index contributed by atoms with van der Waals surface area (Å²) in [4.78, 5) is 17.7. The fourth-order valence-electron chi connectivity index (χ4n) is 5.28. The molecule has 4 aliphatic rings. The van der Waals surface area contributed by atoms with Gasteiger partial charge in [-0.15, -0.1) is 0 Å². The molecule has 2 aromatic rings. The number of fused-ring (bicyclic) bond motifs is 4. The first-order chi connectivity index (χ1) is 14.6. The molecule has 5 nitrogen and oxygen atoms in total. The van der Waals surface area contributed by atoms with Crippen LogP contribution in [0.1, 0.15) is 41.1 Å². The summed E-state index contributed by atoms with van der Waals surface area (Å²) >= 11 is 0. The van der Waals surface area contributed by atoms with Crippen LogP contribution in [0.3, 0.4) is 0 Å². The van der Waals surface area contributed by atoms with Gasteiger partial charge in [0.2, 0.25) is 0 Å². The van der Waals surface area contributed by atoms with Gasteiger partial charge in [-0.1, -0.05) is 18.2 Å².